The Morgan fingerprint density at radius 3 is 3.11 bits per heavy atom. The van der Waals surface area contributed by atoms with E-state index in [1.54, 1.807) is 11.5 Å². The van der Waals surface area contributed by atoms with Gasteiger partial charge >= 0.3 is 0 Å². The van der Waals surface area contributed by atoms with Crippen molar-refractivity contribution in [3.05, 3.63) is 0 Å². The number of hydrogen-bond donors (Lipinski definition) is 1. The van der Waals surface area contributed by atoms with E-state index in [2.05, 4.69) is 4.99 Å². The normalized spacial score (nSPS) is 17.9. The smallest absolute Gasteiger partial charge is 0.101 e. The highest BCUT2D eigenvalue weighted by Gasteiger charge is 2.08. The van der Waals surface area contributed by atoms with Crippen LogP contribution in [-0.4, -0.2) is 36.1 Å². The summed E-state index contributed by atoms with van der Waals surface area (Å²) in [5.74, 6) is 5.55. The van der Waals surface area contributed by atoms with Gasteiger partial charge in [-0.2, -0.15) is 5.12 Å². The van der Waals surface area contributed by atoms with E-state index in [0.717, 1.165) is 19.6 Å². The van der Waals surface area contributed by atoms with Crippen molar-refractivity contribution in [2.24, 2.45) is 10.8 Å². The first-order chi connectivity index (χ1) is 4.34. The lowest BCUT2D eigenvalue weighted by Gasteiger charge is -2.23. The van der Waals surface area contributed by atoms with Gasteiger partial charge in [0.2, 0.25) is 0 Å². The van der Waals surface area contributed by atoms with Gasteiger partial charge in [-0.05, 0) is 6.92 Å². The summed E-state index contributed by atoms with van der Waals surface area (Å²) in [6.07, 6.45) is 1.77. The second-order valence-electron chi connectivity index (χ2n) is 1.94. The lowest BCUT2D eigenvalue weighted by Crippen LogP contribution is -2.45. The molecule has 0 radical (unpaired) electrons. The molecule has 0 fully saturated rings. The maximum atomic E-state index is 5.55. The zero-order chi connectivity index (χ0) is 6.69. The van der Waals surface area contributed by atoms with Crippen molar-refractivity contribution in [1.29, 1.82) is 0 Å². The van der Waals surface area contributed by atoms with Crippen molar-refractivity contribution in [2.75, 3.05) is 19.6 Å². The standard InChI is InChI=1S/C5H12N4/c1-2-9(6)8-4-3-7-5-8/h5H,2-4,6H2,1H3. The Labute approximate surface area is 54.9 Å². The van der Waals surface area contributed by atoms with Crippen molar-refractivity contribution < 1.29 is 0 Å². The molecule has 52 valence electrons. The van der Waals surface area contributed by atoms with E-state index in [1.165, 1.54) is 0 Å². The molecule has 1 aliphatic heterocycles. The summed E-state index contributed by atoms with van der Waals surface area (Å²) in [5, 5.41) is 3.55. The first-order valence-corrected chi connectivity index (χ1v) is 3.13. The van der Waals surface area contributed by atoms with E-state index in [9.17, 15) is 0 Å². The predicted octanol–water partition coefficient (Wildman–Crippen LogP) is -0.559. The van der Waals surface area contributed by atoms with Crippen LogP contribution in [-0.2, 0) is 0 Å². The highest BCUT2D eigenvalue weighted by atomic mass is 15.8. The minimum absolute atomic E-state index is 0.825. The molecule has 2 N–H and O–H groups in total. The molecule has 0 aromatic rings. The maximum absolute atomic E-state index is 5.55. The van der Waals surface area contributed by atoms with Crippen LogP contribution in [0.5, 0.6) is 0 Å². The number of hydrogen-bond acceptors (Lipinski definition) is 4. The fourth-order valence-electron chi connectivity index (χ4n) is 0.746. The molecule has 0 bridgehead atoms. The van der Waals surface area contributed by atoms with Crippen LogP contribution in [0.3, 0.4) is 0 Å². The van der Waals surface area contributed by atoms with Crippen molar-refractivity contribution in [3.63, 3.8) is 0 Å². The van der Waals surface area contributed by atoms with Gasteiger partial charge in [0.15, 0.2) is 0 Å². The number of hydrazine groups is 2. The molecule has 0 unspecified atom stereocenters. The Hall–Kier alpha value is -0.610. The van der Waals surface area contributed by atoms with Gasteiger partial charge < -0.3 is 0 Å². The Kier molecular flexibility index (Phi) is 2.02. The van der Waals surface area contributed by atoms with E-state index in [-0.39, 0.29) is 0 Å². The topological polar surface area (TPSA) is 44.9 Å². The summed E-state index contributed by atoms with van der Waals surface area (Å²) >= 11 is 0. The van der Waals surface area contributed by atoms with Crippen LogP contribution in [0.25, 0.3) is 0 Å². The van der Waals surface area contributed by atoms with Gasteiger partial charge in [-0.3, -0.25) is 15.8 Å². The number of nitrogens with two attached hydrogens (primary N) is 1. The summed E-state index contributed by atoms with van der Waals surface area (Å²) in [6, 6.07) is 0. The Morgan fingerprint density at radius 1 is 1.89 bits per heavy atom. The Balaban J connectivity index is 2.33. The third-order valence-electron chi connectivity index (χ3n) is 1.33. The monoisotopic (exact) mass is 128 g/mol. The van der Waals surface area contributed by atoms with Gasteiger partial charge in [-0.15, -0.1) is 0 Å². The first-order valence-electron chi connectivity index (χ1n) is 3.13. The van der Waals surface area contributed by atoms with Crippen molar-refractivity contribution in [1.82, 2.24) is 10.1 Å². The molecule has 0 aromatic carbocycles. The van der Waals surface area contributed by atoms with Crippen LogP contribution >= 0.6 is 0 Å². The average Bonchev–Trinajstić information content (AvgIpc) is 2.37. The molecule has 0 amide bonds. The van der Waals surface area contributed by atoms with E-state index < -0.39 is 0 Å². The molecule has 4 nitrogen and oxygen atoms in total. The zero-order valence-electron chi connectivity index (χ0n) is 5.62. The maximum Gasteiger partial charge on any atom is 0.101 e. The third kappa shape index (κ3) is 1.40. The third-order valence-corrected chi connectivity index (χ3v) is 1.33. The first kappa shape index (κ1) is 6.51. The Morgan fingerprint density at radius 2 is 2.67 bits per heavy atom. The number of aliphatic imine (C=N–C) groups is 1. The van der Waals surface area contributed by atoms with Gasteiger partial charge in [0.25, 0.3) is 0 Å². The SMILES string of the molecule is CCN(N)N1C=NCC1. The Bertz CT molecular complexity index is 112. The zero-order valence-corrected chi connectivity index (χ0v) is 5.62. The van der Waals surface area contributed by atoms with Gasteiger partial charge in [0.1, 0.15) is 6.34 Å². The van der Waals surface area contributed by atoms with Gasteiger partial charge in [0.05, 0.1) is 13.1 Å². The fraction of sp³-hybridized carbons (Fsp3) is 0.800. The van der Waals surface area contributed by atoms with E-state index >= 15 is 0 Å². The molecule has 0 atom stereocenters. The lowest BCUT2D eigenvalue weighted by molar-refractivity contribution is 0.0670. The van der Waals surface area contributed by atoms with Gasteiger partial charge in [0, 0.05) is 6.54 Å². The van der Waals surface area contributed by atoms with Crippen molar-refractivity contribution in [3.8, 4) is 0 Å². The molecule has 0 spiro atoms. The second kappa shape index (κ2) is 2.80. The summed E-state index contributed by atoms with van der Waals surface area (Å²) in [4.78, 5) is 4.01. The average molecular weight is 128 g/mol. The molecule has 1 rings (SSSR count). The van der Waals surface area contributed by atoms with Gasteiger partial charge in [-0.1, -0.05) is 0 Å². The molecule has 0 saturated carbocycles. The molecule has 9 heavy (non-hydrogen) atoms. The molecule has 0 saturated heterocycles. The molecular formula is C5H12N4. The number of rotatable bonds is 2. The molecule has 0 aliphatic carbocycles. The highest BCUT2D eigenvalue weighted by Crippen LogP contribution is 1.93. The van der Waals surface area contributed by atoms with Crippen LogP contribution in [0, 0.1) is 0 Å². The molecule has 1 heterocycles. The summed E-state index contributed by atoms with van der Waals surface area (Å²) in [5.41, 5.74) is 0. The van der Waals surface area contributed by atoms with Crippen LogP contribution < -0.4 is 5.84 Å². The molecular weight excluding hydrogens is 116 g/mol. The number of nitrogens with zero attached hydrogens (tertiary/aromatic N) is 3. The van der Waals surface area contributed by atoms with Crippen LogP contribution in [0.15, 0.2) is 4.99 Å². The molecule has 0 aromatic heterocycles. The predicted molar refractivity (Wildman–Crippen MR) is 36.6 cm³/mol. The quantitative estimate of drug-likeness (QED) is 0.400. The summed E-state index contributed by atoms with van der Waals surface area (Å²) < 4.78 is 0. The second-order valence-corrected chi connectivity index (χ2v) is 1.94. The van der Waals surface area contributed by atoms with Crippen LogP contribution in [0.1, 0.15) is 6.92 Å². The molecule has 1 aliphatic rings. The highest BCUT2D eigenvalue weighted by molar-refractivity contribution is 5.56. The van der Waals surface area contributed by atoms with Crippen molar-refractivity contribution in [2.45, 2.75) is 6.92 Å². The largest absolute Gasteiger partial charge is 0.281 e. The minimum Gasteiger partial charge on any atom is -0.281 e. The lowest BCUT2D eigenvalue weighted by atomic mass is 10.7. The molecule has 4 heteroatoms. The van der Waals surface area contributed by atoms with Gasteiger partial charge in [-0.25, -0.2) is 0 Å². The van der Waals surface area contributed by atoms with E-state index in [4.69, 9.17) is 5.84 Å². The summed E-state index contributed by atoms with van der Waals surface area (Å²) in [6.45, 7) is 4.62. The van der Waals surface area contributed by atoms with Crippen LogP contribution in [0.2, 0.25) is 0 Å². The summed E-state index contributed by atoms with van der Waals surface area (Å²) in [7, 11) is 0. The van der Waals surface area contributed by atoms with Crippen LogP contribution in [0.4, 0.5) is 0 Å². The fourth-order valence-corrected chi connectivity index (χ4v) is 0.746. The minimum atomic E-state index is 0.825. The van der Waals surface area contributed by atoms with Crippen molar-refractivity contribution >= 4 is 6.34 Å². The van der Waals surface area contributed by atoms with E-state index in [1.807, 2.05) is 11.9 Å². The van der Waals surface area contributed by atoms with E-state index in [0.29, 0.717) is 0 Å².